The molecule has 1 spiro atoms. The van der Waals surface area contributed by atoms with Crippen LogP contribution < -0.4 is 9.47 Å². The molecular weight excluding hydrogens is 506 g/mol. The van der Waals surface area contributed by atoms with Crippen LogP contribution in [0.15, 0.2) is 24.4 Å². The minimum absolute atomic E-state index is 0.0314. The van der Waals surface area contributed by atoms with Gasteiger partial charge in [-0.05, 0) is 105 Å². The van der Waals surface area contributed by atoms with Gasteiger partial charge in [-0.1, -0.05) is 25.5 Å². The Balaban J connectivity index is 1.07. The van der Waals surface area contributed by atoms with E-state index < -0.39 is 0 Å². The molecule has 1 aliphatic heterocycles. The number of hydrogen-bond donors (Lipinski definition) is 0. The Hall–Kier alpha value is -2.61. The predicted octanol–water partition coefficient (Wildman–Crippen LogP) is 6.25. The second-order valence-electron chi connectivity index (χ2n) is 14.1. The molecule has 216 valence electrons. The van der Waals surface area contributed by atoms with Gasteiger partial charge in [-0.2, -0.15) is 0 Å². The van der Waals surface area contributed by atoms with Crippen molar-refractivity contribution < 1.29 is 23.7 Å². The molecule has 8 nitrogen and oxygen atoms in total. The third kappa shape index (κ3) is 3.84. The van der Waals surface area contributed by atoms with Crippen molar-refractivity contribution >= 4 is 5.97 Å². The molecule has 40 heavy (non-hydrogen) atoms. The van der Waals surface area contributed by atoms with E-state index in [0.717, 1.165) is 48.6 Å². The summed E-state index contributed by atoms with van der Waals surface area (Å²) in [5, 5.41) is 8.77. The Kier molecular flexibility index (Phi) is 6.05. The van der Waals surface area contributed by atoms with Crippen LogP contribution in [0.4, 0.5) is 0 Å². The fraction of sp³-hybridized carbons (Fsp3) is 0.719. The molecule has 2 bridgehead atoms. The molecule has 7 atom stereocenters. The fourth-order valence-corrected chi connectivity index (χ4v) is 10.2. The van der Waals surface area contributed by atoms with E-state index in [2.05, 4.69) is 31.1 Å². The van der Waals surface area contributed by atoms with Crippen LogP contribution in [0, 0.1) is 33.5 Å². The lowest BCUT2D eigenvalue weighted by atomic mass is 9.40. The first-order valence-electron chi connectivity index (χ1n) is 15.3. The molecule has 0 radical (unpaired) electrons. The van der Waals surface area contributed by atoms with Crippen LogP contribution in [0.1, 0.15) is 91.2 Å². The minimum Gasteiger partial charge on any atom is -0.466 e. The first-order chi connectivity index (χ1) is 19.2. The van der Waals surface area contributed by atoms with Gasteiger partial charge in [0, 0.05) is 6.07 Å². The number of aromatic nitrogens is 3. The van der Waals surface area contributed by atoms with E-state index in [0.29, 0.717) is 30.5 Å². The topological polar surface area (TPSA) is 84.7 Å². The largest absolute Gasteiger partial charge is 0.466 e. The highest BCUT2D eigenvalue weighted by molar-refractivity contribution is 5.77. The van der Waals surface area contributed by atoms with Gasteiger partial charge in [-0.15, -0.1) is 5.10 Å². The zero-order chi connectivity index (χ0) is 27.8. The normalized spacial score (nSPS) is 39.5. The Labute approximate surface area is 237 Å². The van der Waals surface area contributed by atoms with Gasteiger partial charge in [0.1, 0.15) is 5.69 Å². The second-order valence-corrected chi connectivity index (χ2v) is 14.1. The number of rotatable bonds is 6. The van der Waals surface area contributed by atoms with Crippen LogP contribution in [0.5, 0.6) is 11.5 Å². The van der Waals surface area contributed by atoms with E-state index in [9.17, 15) is 4.79 Å². The van der Waals surface area contributed by atoms with Gasteiger partial charge in [0.05, 0.1) is 36.6 Å². The maximum absolute atomic E-state index is 13.2. The molecule has 1 aromatic heterocycles. The highest BCUT2D eigenvalue weighted by Gasteiger charge is 2.68. The minimum atomic E-state index is -0.357. The van der Waals surface area contributed by atoms with E-state index in [4.69, 9.17) is 18.9 Å². The maximum atomic E-state index is 13.2. The van der Waals surface area contributed by atoms with Crippen LogP contribution in [-0.2, 0) is 20.9 Å². The summed E-state index contributed by atoms with van der Waals surface area (Å²) in [6, 6.07) is 5.79. The summed E-state index contributed by atoms with van der Waals surface area (Å²) in [7, 11) is 0. The lowest BCUT2D eigenvalue weighted by Gasteiger charge is -2.64. The van der Waals surface area contributed by atoms with Crippen molar-refractivity contribution in [2.75, 3.05) is 13.4 Å². The maximum Gasteiger partial charge on any atom is 0.312 e. The summed E-state index contributed by atoms with van der Waals surface area (Å²) in [4.78, 5) is 13.2. The summed E-state index contributed by atoms with van der Waals surface area (Å²) in [5.41, 5.74) is 2.04. The molecule has 0 unspecified atom stereocenters. The highest BCUT2D eigenvalue weighted by Crippen LogP contribution is 2.74. The fourth-order valence-electron chi connectivity index (χ4n) is 10.2. The van der Waals surface area contributed by atoms with Crippen LogP contribution in [-0.4, -0.2) is 40.5 Å². The Morgan fingerprint density at radius 3 is 2.75 bits per heavy atom. The Bertz CT molecular complexity index is 1310. The van der Waals surface area contributed by atoms with Gasteiger partial charge in [0.25, 0.3) is 0 Å². The average molecular weight is 550 g/mol. The number of ether oxygens (including phenoxy) is 4. The summed E-state index contributed by atoms with van der Waals surface area (Å²) in [6.45, 7) is 10.3. The number of hydrogen-bond acceptors (Lipinski definition) is 7. The lowest BCUT2D eigenvalue weighted by Crippen LogP contribution is -2.58. The number of carbonyl (C=O) groups excluding carboxylic acids is 1. The van der Waals surface area contributed by atoms with Crippen LogP contribution in [0.2, 0.25) is 0 Å². The molecule has 5 aliphatic rings. The standard InChI is InChI=1S/C32H43N3O5/c1-5-37-28(36)31(4)12-6-11-30(3)25(31)10-14-32-16-27(29(2,19-32)13-9-26(30)32)38-18-21-17-35(34-33-21)22-7-8-23-24(15-22)40-20-39-23/h7-8,15,17,25-27H,5-6,9-14,16,18-20H2,1-4H3/t25-,26-,27+,29-,30+,31+,32-/m0/s1. The van der Waals surface area contributed by atoms with Gasteiger partial charge in [-0.3, -0.25) is 4.79 Å². The van der Waals surface area contributed by atoms with E-state index >= 15 is 0 Å². The van der Waals surface area contributed by atoms with Crippen molar-refractivity contribution in [2.24, 2.45) is 33.5 Å². The molecule has 2 aromatic rings. The molecule has 4 saturated carbocycles. The van der Waals surface area contributed by atoms with Crippen molar-refractivity contribution in [3.8, 4) is 17.2 Å². The number of esters is 1. The summed E-state index contributed by atoms with van der Waals surface area (Å²) < 4.78 is 25.1. The first kappa shape index (κ1) is 26.3. The predicted molar refractivity (Wildman–Crippen MR) is 148 cm³/mol. The quantitative estimate of drug-likeness (QED) is 0.394. The number of nitrogens with zero attached hydrogens (tertiary/aromatic N) is 3. The highest BCUT2D eigenvalue weighted by atomic mass is 16.7. The second kappa shape index (κ2) is 9.20. The number of benzene rings is 1. The third-order valence-corrected chi connectivity index (χ3v) is 11.9. The molecule has 2 heterocycles. The Morgan fingerprint density at radius 2 is 1.90 bits per heavy atom. The zero-order valence-electron chi connectivity index (χ0n) is 24.4. The zero-order valence-corrected chi connectivity index (χ0v) is 24.4. The molecule has 4 fully saturated rings. The first-order valence-corrected chi connectivity index (χ1v) is 15.3. The number of fused-ring (bicyclic) bond motifs is 4. The molecule has 8 heteroatoms. The Morgan fingerprint density at radius 1 is 1.07 bits per heavy atom. The van der Waals surface area contributed by atoms with Crippen LogP contribution >= 0.6 is 0 Å². The SMILES string of the molecule is CCOC(=O)[C@]1(C)CCC[C@@]2(C)[C@@H]3CC[C@@]4(C)C[C@]3(CC[C@@H]21)C[C@H]4OCc1cn(-c2ccc3c(c2)OCO3)nn1. The van der Waals surface area contributed by atoms with E-state index in [1.807, 2.05) is 31.3 Å². The number of carbonyl (C=O) groups is 1. The molecule has 0 N–H and O–H groups in total. The monoisotopic (exact) mass is 549 g/mol. The summed E-state index contributed by atoms with van der Waals surface area (Å²) in [6.07, 6.45) is 12.6. The molecular formula is C32H43N3O5. The van der Waals surface area contributed by atoms with Crippen molar-refractivity contribution in [3.63, 3.8) is 0 Å². The summed E-state index contributed by atoms with van der Waals surface area (Å²) >= 11 is 0. The van der Waals surface area contributed by atoms with Gasteiger partial charge in [0.15, 0.2) is 11.5 Å². The smallest absolute Gasteiger partial charge is 0.312 e. The van der Waals surface area contributed by atoms with Crippen LogP contribution in [0.25, 0.3) is 5.69 Å². The van der Waals surface area contributed by atoms with Gasteiger partial charge >= 0.3 is 5.97 Å². The molecule has 0 saturated heterocycles. The third-order valence-electron chi connectivity index (χ3n) is 11.9. The van der Waals surface area contributed by atoms with Crippen molar-refractivity contribution in [1.82, 2.24) is 15.0 Å². The van der Waals surface area contributed by atoms with Gasteiger partial charge in [0.2, 0.25) is 6.79 Å². The molecule has 4 aliphatic carbocycles. The van der Waals surface area contributed by atoms with Crippen LogP contribution in [0.3, 0.4) is 0 Å². The van der Waals surface area contributed by atoms with Crippen molar-refractivity contribution in [2.45, 2.75) is 98.2 Å². The van der Waals surface area contributed by atoms with E-state index in [-0.39, 0.29) is 35.1 Å². The molecule has 1 aromatic carbocycles. The van der Waals surface area contributed by atoms with Crippen molar-refractivity contribution in [1.29, 1.82) is 0 Å². The molecule has 7 rings (SSSR count). The van der Waals surface area contributed by atoms with E-state index in [1.165, 1.54) is 32.1 Å². The molecule has 0 amide bonds. The van der Waals surface area contributed by atoms with Crippen molar-refractivity contribution in [3.05, 3.63) is 30.1 Å². The van der Waals surface area contributed by atoms with E-state index in [1.54, 1.807) is 4.68 Å². The average Bonchev–Trinajstić information content (AvgIpc) is 3.64. The van der Waals surface area contributed by atoms with Gasteiger partial charge in [-0.25, -0.2) is 4.68 Å². The lowest BCUT2D eigenvalue weighted by molar-refractivity contribution is -0.187. The summed E-state index contributed by atoms with van der Waals surface area (Å²) in [5.74, 6) is 2.56. The van der Waals surface area contributed by atoms with Gasteiger partial charge < -0.3 is 18.9 Å².